The van der Waals surface area contributed by atoms with E-state index in [-0.39, 0.29) is 0 Å². The number of aromatic nitrogens is 2. The molecule has 0 radical (unpaired) electrons. The van der Waals surface area contributed by atoms with Crippen molar-refractivity contribution in [2.75, 3.05) is 6.54 Å². The summed E-state index contributed by atoms with van der Waals surface area (Å²) in [6, 6.07) is 7.08. The van der Waals surface area contributed by atoms with Gasteiger partial charge in [-0.25, -0.2) is 0 Å². The Morgan fingerprint density at radius 1 is 1.32 bits per heavy atom. The first-order valence-corrected chi connectivity index (χ1v) is 6.66. The van der Waals surface area contributed by atoms with Gasteiger partial charge in [0.25, 0.3) is 0 Å². The third-order valence-electron chi connectivity index (χ3n) is 2.73. The van der Waals surface area contributed by atoms with E-state index >= 15 is 0 Å². The maximum Gasteiger partial charge on any atom is 0.0915 e. The van der Waals surface area contributed by atoms with Crippen LogP contribution in [0.3, 0.4) is 0 Å². The summed E-state index contributed by atoms with van der Waals surface area (Å²) in [5.41, 5.74) is 2.67. The molecule has 0 saturated heterocycles. The van der Waals surface area contributed by atoms with Gasteiger partial charge in [-0.05, 0) is 30.7 Å². The molecule has 0 bridgehead atoms. The maximum absolute atomic E-state index is 10.0. The lowest BCUT2D eigenvalue weighted by Gasteiger charge is -2.12. The summed E-state index contributed by atoms with van der Waals surface area (Å²) in [6.07, 6.45) is -0.630. The molecule has 0 fully saturated rings. The number of aliphatic hydroxyl groups is 1. The van der Waals surface area contributed by atoms with Crippen molar-refractivity contribution in [1.82, 2.24) is 15.5 Å². The number of aliphatic hydroxyl groups excluding tert-OH is 1. The SMILES string of the molecule is Cc1cc(CNC[C@H](O)c2ccc(Cl)c(Cl)c2)n[nH]1. The Labute approximate surface area is 121 Å². The Morgan fingerprint density at radius 3 is 2.74 bits per heavy atom. The maximum atomic E-state index is 10.0. The zero-order valence-electron chi connectivity index (χ0n) is 10.5. The van der Waals surface area contributed by atoms with Crippen LogP contribution in [0.5, 0.6) is 0 Å². The lowest BCUT2D eigenvalue weighted by Crippen LogP contribution is -2.21. The minimum absolute atomic E-state index is 0.421. The molecule has 1 aromatic heterocycles. The van der Waals surface area contributed by atoms with E-state index in [1.807, 2.05) is 13.0 Å². The number of halogens is 2. The van der Waals surface area contributed by atoms with Crippen LogP contribution in [0, 0.1) is 6.92 Å². The van der Waals surface area contributed by atoms with Crippen molar-refractivity contribution in [3.05, 3.63) is 51.3 Å². The second-order valence-corrected chi connectivity index (χ2v) is 5.18. The standard InChI is InChI=1S/C13H15Cl2N3O/c1-8-4-10(18-17-8)6-16-7-13(19)9-2-3-11(14)12(15)5-9/h2-5,13,16,19H,6-7H2,1H3,(H,17,18)/t13-/m0/s1. The Balaban J connectivity index is 1.86. The molecule has 0 amide bonds. The molecule has 0 aliphatic carbocycles. The number of rotatable bonds is 5. The smallest absolute Gasteiger partial charge is 0.0915 e. The lowest BCUT2D eigenvalue weighted by atomic mass is 10.1. The lowest BCUT2D eigenvalue weighted by molar-refractivity contribution is 0.174. The van der Waals surface area contributed by atoms with Crippen molar-refractivity contribution in [3.8, 4) is 0 Å². The molecule has 0 unspecified atom stereocenters. The monoisotopic (exact) mass is 299 g/mol. The third-order valence-corrected chi connectivity index (χ3v) is 3.47. The van der Waals surface area contributed by atoms with E-state index in [1.54, 1.807) is 18.2 Å². The van der Waals surface area contributed by atoms with Gasteiger partial charge in [-0.2, -0.15) is 5.10 Å². The predicted molar refractivity (Wildman–Crippen MR) is 76.5 cm³/mol. The summed E-state index contributed by atoms with van der Waals surface area (Å²) in [6.45, 7) is 2.97. The topological polar surface area (TPSA) is 60.9 Å². The fourth-order valence-corrected chi connectivity index (χ4v) is 2.05. The van der Waals surface area contributed by atoms with E-state index < -0.39 is 6.10 Å². The average molecular weight is 300 g/mol. The van der Waals surface area contributed by atoms with Crippen LogP contribution in [-0.4, -0.2) is 21.8 Å². The van der Waals surface area contributed by atoms with E-state index in [2.05, 4.69) is 15.5 Å². The van der Waals surface area contributed by atoms with Crippen molar-refractivity contribution in [3.63, 3.8) is 0 Å². The number of hydrogen-bond acceptors (Lipinski definition) is 3. The van der Waals surface area contributed by atoms with Crippen LogP contribution in [0.1, 0.15) is 23.1 Å². The van der Waals surface area contributed by atoms with Crippen LogP contribution in [0.2, 0.25) is 10.0 Å². The number of hydrogen-bond donors (Lipinski definition) is 3. The van der Waals surface area contributed by atoms with E-state index in [1.165, 1.54) is 0 Å². The first-order chi connectivity index (χ1) is 9.06. The second kappa shape index (κ2) is 6.39. The zero-order chi connectivity index (χ0) is 13.8. The normalized spacial score (nSPS) is 12.6. The molecule has 2 aromatic rings. The van der Waals surface area contributed by atoms with Gasteiger partial charge in [-0.15, -0.1) is 0 Å². The molecule has 1 heterocycles. The van der Waals surface area contributed by atoms with Gasteiger partial charge in [0.05, 0.1) is 21.8 Å². The van der Waals surface area contributed by atoms with Crippen molar-refractivity contribution < 1.29 is 5.11 Å². The number of aryl methyl sites for hydroxylation is 1. The van der Waals surface area contributed by atoms with Gasteiger partial charge >= 0.3 is 0 Å². The van der Waals surface area contributed by atoms with Crippen molar-refractivity contribution in [2.24, 2.45) is 0 Å². The summed E-state index contributed by atoms with van der Waals surface area (Å²) in [5.74, 6) is 0. The van der Waals surface area contributed by atoms with E-state index in [0.717, 1.165) is 17.0 Å². The Morgan fingerprint density at radius 2 is 2.11 bits per heavy atom. The van der Waals surface area contributed by atoms with E-state index in [0.29, 0.717) is 23.1 Å². The molecule has 6 heteroatoms. The molecule has 4 nitrogen and oxygen atoms in total. The number of H-pyrrole nitrogens is 1. The largest absolute Gasteiger partial charge is 0.387 e. The Bertz CT molecular complexity index is 557. The van der Waals surface area contributed by atoms with Gasteiger partial charge in [-0.1, -0.05) is 29.3 Å². The highest BCUT2D eigenvalue weighted by molar-refractivity contribution is 6.42. The highest BCUT2D eigenvalue weighted by Gasteiger charge is 2.09. The number of nitrogens with zero attached hydrogens (tertiary/aromatic N) is 1. The fourth-order valence-electron chi connectivity index (χ4n) is 1.74. The average Bonchev–Trinajstić information content (AvgIpc) is 2.78. The van der Waals surface area contributed by atoms with Crippen LogP contribution in [0.25, 0.3) is 0 Å². The molecule has 3 N–H and O–H groups in total. The van der Waals surface area contributed by atoms with Gasteiger partial charge in [0, 0.05) is 18.8 Å². The van der Waals surface area contributed by atoms with Crippen molar-refractivity contribution >= 4 is 23.2 Å². The number of aromatic amines is 1. The van der Waals surface area contributed by atoms with Crippen LogP contribution < -0.4 is 5.32 Å². The summed E-state index contributed by atoms with van der Waals surface area (Å²) < 4.78 is 0. The second-order valence-electron chi connectivity index (χ2n) is 4.36. The molecule has 0 spiro atoms. The van der Waals surface area contributed by atoms with Crippen molar-refractivity contribution in [2.45, 2.75) is 19.6 Å². The number of nitrogens with one attached hydrogen (secondary N) is 2. The van der Waals surface area contributed by atoms with Crippen LogP contribution in [0.15, 0.2) is 24.3 Å². The minimum Gasteiger partial charge on any atom is -0.387 e. The van der Waals surface area contributed by atoms with Crippen LogP contribution >= 0.6 is 23.2 Å². The van der Waals surface area contributed by atoms with Crippen LogP contribution in [-0.2, 0) is 6.54 Å². The molecule has 1 atom stereocenters. The summed E-state index contributed by atoms with van der Waals surface area (Å²) in [5, 5.41) is 21.1. The minimum atomic E-state index is -0.630. The third kappa shape index (κ3) is 3.94. The molecular formula is C13H15Cl2N3O. The first kappa shape index (κ1) is 14.3. The van der Waals surface area contributed by atoms with E-state index in [9.17, 15) is 5.11 Å². The summed E-state index contributed by atoms with van der Waals surface area (Å²) >= 11 is 11.7. The predicted octanol–water partition coefficient (Wildman–Crippen LogP) is 2.85. The quantitative estimate of drug-likeness (QED) is 0.795. The molecule has 1 aromatic carbocycles. The van der Waals surface area contributed by atoms with E-state index in [4.69, 9.17) is 23.2 Å². The highest BCUT2D eigenvalue weighted by Crippen LogP contribution is 2.25. The molecule has 2 rings (SSSR count). The summed E-state index contributed by atoms with van der Waals surface area (Å²) in [7, 11) is 0. The molecular weight excluding hydrogens is 285 g/mol. The van der Waals surface area contributed by atoms with Gasteiger partial charge in [0.15, 0.2) is 0 Å². The van der Waals surface area contributed by atoms with Crippen molar-refractivity contribution in [1.29, 1.82) is 0 Å². The Kier molecular flexibility index (Phi) is 4.82. The molecule has 0 aliphatic heterocycles. The molecule has 19 heavy (non-hydrogen) atoms. The molecule has 0 saturated carbocycles. The first-order valence-electron chi connectivity index (χ1n) is 5.91. The van der Waals surface area contributed by atoms with Gasteiger partial charge in [-0.3, -0.25) is 5.10 Å². The fraction of sp³-hybridized carbons (Fsp3) is 0.308. The summed E-state index contributed by atoms with van der Waals surface area (Å²) in [4.78, 5) is 0. The molecule has 102 valence electrons. The zero-order valence-corrected chi connectivity index (χ0v) is 12.0. The van der Waals surface area contributed by atoms with Gasteiger partial charge < -0.3 is 10.4 Å². The highest BCUT2D eigenvalue weighted by atomic mass is 35.5. The van der Waals surface area contributed by atoms with Gasteiger partial charge in [0.1, 0.15) is 0 Å². The van der Waals surface area contributed by atoms with Gasteiger partial charge in [0.2, 0.25) is 0 Å². The number of benzene rings is 1. The Hall–Kier alpha value is -1.07. The van der Waals surface area contributed by atoms with Crippen LogP contribution in [0.4, 0.5) is 0 Å². The molecule has 0 aliphatic rings.